The van der Waals surface area contributed by atoms with E-state index in [0.717, 1.165) is 13.1 Å². The van der Waals surface area contributed by atoms with Gasteiger partial charge in [0.05, 0.1) is 0 Å². The fraction of sp³-hybridized carbons (Fsp3) is 0.500. The van der Waals surface area contributed by atoms with Crippen molar-refractivity contribution < 1.29 is 0 Å². The molecule has 3 rings (SSSR count). The van der Waals surface area contributed by atoms with Gasteiger partial charge in [-0.05, 0) is 67.1 Å². The Bertz CT molecular complexity index is 618. The molecule has 134 valence electrons. The lowest BCUT2D eigenvalue weighted by molar-refractivity contribution is 0.213. The highest BCUT2D eigenvalue weighted by Crippen LogP contribution is 2.42. The van der Waals surface area contributed by atoms with Gasteiger partial charge in [-0.25, -0.2) is 0 Å². The van der Waals surface area contributed by atoms with E-state index in [2.05, 4.69) is 88.2 Å². The van der Waals surface area contributed by atoms with Crippen LogP contribution in [0.15, 0.2) is 48.5 Å². The number of piperidine rings is 1. The third kappa shape index (κ3) is 3.67. The fourth-order valence-corrected chi connectivity index (χ4v) is 4.12. The summed E-state index contributed by atoms with van der Waals surface area (Å²) in [5, 5.41) is 0. The molecular weight excluding hydrogens is 302 g/mol. The smallest absolute Gasteiger partial charge is 0.0227 e. The second kappa shape index (κ2) is 7.33. The Labute approximate surface area is 154 Å². The molecule has 1 heterocycles. The molecule has 0 aromatic heterocycles. The molecule has 0 bridgehead atoms. The van der Waals surface area contributed by atoms with E-state index in [4.69, 9.17) is 0 Å². The maximum absolute atomic E-state index is 2.46. The zero-order valence-electron chi connectivity index (χ0n) is 16.5. The van der Waals surface area contributed by atoms with Gasteiger partial charge in [0.15, 0.2) is 0 Å². The molecule has 0 atom stereocenters. The van der Waals surface area contributed by atoms with Crippen LogP contribution in [0.5, 0.6) is 0 Å². The molecule has 0 N–H and O–H groups in total. The summed E-state index contributed by atoms with van der Waals surface area (Å²) in [5.74, 6) is 1.18. The second-order valence-corrected chi connectivity index (χ2v) is 8.44. The van der Waals surface area contributed by atoms with Crippen molar-refractivity contribution in [1.29, 1.82) is 0 Å². The summed E-state index contributed by atoms with van der Waals surface area (Å²) < 4.78 is 0. The number of nitrogens with zero attached hydrogens (tertiary/aromatic N) is 1. The molecule has 1 aliphatic rings. The first kappa shape index (κ1) is 18.2. The van der Waals surface area contributed by atoms with E-state index in [1.54, 1.807) is 0 Å². The molecule has 0 amide bonds. The first-order valence-electron chi connectivity index (χ1n) is 9.82. The van der Waals surface area contributed by atoms with Crippen molar-refractivity contribution in [3.05, 3.63) is 70.8 Å². The summed E-state index contributed by atoms with van der Waals surface area (Å²) in [7, 11) is 2.24. The van der Waals surface area contributed by atoms with Crippen LogP contribution in [0, 0.1) is 0 Å². The van der Waals surface area contributed by atoms with Crippen LogP contribution < -0.4 is 0 Å². The van der Waals surface area contributed by atoms with E-state index >= 15 is 0 Å². The monoisotopic (exact) mass is 335 g/mol. The standard InChI is InChI=1S/C24H33N/c1-18(2)20-6-10-22(11-7-20)24(14-16-25(5)17-15-24)23-12-8-21(9-13-23)19(3)4/h6-13,18-19H,14-17H2,1-5H3. The van der Waals surface area contributed by atoms with Crippen LogP contribution in [-0.2, 0) is 5.41 Å². The molecule has 1 nitrogen and oxygen atoms in total. The Balaban J connectivity index is 2.01. The predicted molar refractivity (Wildman–Crippen MR) is 109 cm³/mol. The summed E-state index contributed by atoms with van der Waals surface area (Å²) >= 11 is 0. The van der Waals surface area contributed by atoms with E-state index in [1.807, 2.05) is 0 Å². The number of hydrogen-bond acceptors (Lipinski definition) is 1. The molecule has 1 aliphatic heterocycles. The van der Waals surface area contributed by atoms with Crippen LogP contribution in [0.4, 0.5) is 0 Å². The van der Waals surface area contributed by atoms with Crippen LogP contribution in [0.1, 0.15) is 74.6 Å². The van der Waals surface area contributed by atoms with Crippen LogP contribution in [0.25, 0.3) is 0 Å². The molecule has 25 heavy (non-hydrogen) atoms. The van der Waals surface area contributed by atoms with E-state index in [0.29, 0.717) is 11.8 Å². The largest absolute Gasteiger partial charge is 0.306 e. The number of rotatable bonds is 4. The maximum atomic E-state index is 2.46. The van der Waals surface area contributed by atoms with Gasteiger partial charge >= 0.3 is 0 Å². The molecule has 0 radical (unpaired) electrons. The maximum Gasteiger partial charge on any atom is 0.0227 e. The van der Waals surface area contributed by atoms with Crippen LogP contribution in [0.2, 0.25) is 0 Å². The Morgan fingerprint density at radius 1 is 0.680 bits per heavy atom. The highest BCUT2D eigenvalue weighted by atomic mass is 15.1. The first-order valence-corrected chi connectivity index (χ1v) is 9.82. The van der Waals surface area contributed by atoms with Crippen molar-refractivity contribution in [3.63, 3.8) is 0 Å². The van der Waals surface area contributed by atoms with Gasteiger partial charge in [-0.1, -0.05) is 76.2 Å². The predicted octanol–water partition coefficient (Wildman–Crippen LogP) is 5.95. The van der Waals surface area contributed by atoms with Crippen LogP contribution in [-0.4, -0.2) is 25.0 Å². The average Bonchev–Trinajstić information content (AvgIpc) is 2.63. The Morgan fingerprint density at radius 3 is 1.36 bits per heavy atom. The molecule has 0 unspecified atom stereocenters. The summed E-state index contributed by atoms with van der Waals surface area (Å²) in [5.41, 5.74) is 6.01. The molecule has 0 aliphatic carbocycles. The Morgan fingerprint density at radius 2 is 1.04 bits per heavy atom. The zero-order valence-corrected chi connectivity index (χ0v) is 16.5. The van der Waals surface area contributed by atoms with Gasteiger partial charge in [0, 0.05) is 5.41 Å². The van der Waals surface area contributed by atoms with Gasteiger partial charge < -0.3 is 4.90 Å². The van der Waals surface area contributed by atoms with Gasteiger partial charge in [0.2, 0.25) is 0 Å². The number of benzene rings is 2. The molecule has 0 saturated carbocycles. The lowest BCUT2D eigenvalue weighted by atomic mass is 9.67. The number of hydrogen-bond donors (Lipinski definition) is 0. The van der Waals surface area contributed by atoms with E-state index in [-0.39, 0.29) is 5.41 Å². The molecule has 1 heteroatoms. The molecule has 2 aromatic rings. The van der Waals surface area contributed by atoms with Gasteiger partial charge in [0.1, 0.15) is 0 Å². The van der Waals surface area contributed by atoms with Gasteiger partial charge in [0.25, 0.3) is 0 Å². The minimum atomic E-state index is 0.164. The third-order valence-electron chi connectivity index (χ3n) is 6.10. The summed E-state index contributed by atoms with van der Waals surface area (Å²) in [6.45, 7) is 11.4. The summed E-state index contributed by atoms with van der Waals surface area (Å²) in [6, 6.07) is 18.9. The topological polar surface area (TPSA) is 3.24 Å². The van der Waals surface area contributed by atoms with Gasteiger partial charge in [-0.15, -0.1) is 0 Å². The van der Waals surface area contributed by atoms with Crippen molar-refractivity contribution >= 4 is 0 Å². The fourth-order valence-electron chi connectivity index (χ4n) is 4.12. The summed E-state index contributed by atoms with van der Waals surface area (Å²) in [6.07, 6.45) is 2.40. The van der Waals surface area contributed by atoms with E-state index in [1.165, 1.54) is 35.1 Å². The molecular formula is C24H33N. The van der Waals surface area contributed by atoms with Crippen molar-refractivity contribution in [2.45, 2.75) is 57.8 Å². The van der Waals surface area contributed by atoms with Crippen molar-refractivity contribution in [3.8, 4) is 0 Å². The second-order valence-electron chi connectivity index (χ2n) is 8.44. The molecule has 1 fully saturated rings. The lowest BCUT2D eigenvalue weighted by Crippen LogP contribution is -2.41. The quantitative estimate of drug-likeness (QED) is 0.668. The average molecular weight is 336 g/mol. The van der Waals surface area contributed by atoms with E-state index in [9.17, 15) is 0 Å². The van der Waals surface area contributed by atoms with Crippen LogP contribution in [0.3, 0.4) is 0 Å². The van der Waals surface area contributed by atoms with Crippen molar-refractivity contribution in [2.24, 2.45) is 0 Å². The normalized spacial score (nSPS) is 18.0. The highest BCUT2D eigenvalue weighted by molar-refractivity contribution is 5.42. The molecule has 2 aromatic carbocycles. The number of likely N-dealkylation sites (tertiary alicyclic amines) is 1. The third-order valence-corrected chi connectivity index (χ3v) is 6.10. The Hall–Kier alpha value is -1.60. The highest BCUT2D eigenvalue weighted by Gasteiger charge is 2.37. The van der Waals surface area contributed by atoms with Crippen molar-refractivity contribution in [1.82, 2.24) is 4.90 Å². The van der Waals surface area contributed by atoms with Crippen molar-refractivity contribution in [2.75, 3.05) is 20.1 Å². The van der Waals surface area contributed by atoms with Crippen LogP contribution >= 0.6 is 0 Å². The first-order chi connectivity index (χ1) is 11.9. The SMILES string of the molecule is CC(C)c1ccc(C2(c3ccc(C(C)C)cc3)CCN(C)CC2)cc1. The van der Waals surface area contributed by atoms with Gasteiger partial charge in [-0.3, -0.25) is 0 Å². The molecule has 1 saturated heterocycles. The van der Waals surface area contributed by atoms with Gasteiger partial charge in [-0.2, -0.15) is 0 Å². The Kier molecular flexibility index (Phi) is 5.34. The lowest BCUT2D eigenvalue weighted by Gasteiger charge is -2.42. The molecule has 0 spiro atoms. The minimum absolute atomic E-state index is 0.164. The summed E-state index contributed by atoms with van der Waals surface area (Å²) in [4.78, 5) is 2.46. The van der Waals surface area contributed by atoms with E-state index < -0.39 is 0 Å². The minimum Gasteiger partial charge on any atom is -0.306 e. The zero-order chi connectivity index (χ0) is 18.0.